The van der Waals surface area contributed by atoms with Gasteiger partial charge >= 0.3 is 0 Å². The van der Waals surface area contributed by atoms with E-state index in [9.17, 15) is 9.90 Å². The molecule has 1 aliphatic rings. The van der Waals surface area contributed by atoms with Crippen molar-refractivity contribution < 1.29 is 14.6 Å². The first-order chi connectivity index (χ1) is 16.5. The molecule has 1 fully saturated rings. The van der Waals surface area contributed by atoms with Gasteiger partial charge in [-0.1, -0.05) is 6.07 Å². The maximum absolute atomic E-state index is 13.6. The molecule has 0 bridgehead atoms. The number of pyridine rings is 1. The number of rotatable bonds is 6. The maximum Gasteiger partial charge on any atom is 0.257 e. The molecule has 0 saturated carbocycles. The van der Waals surface area contributed by atoms with Crippen molar-refractivity contribution in [3.63, 3.8) is 0 Å². The Bertz CT molecular complexity index is 1340. The molecule has 34 heavy (non-hydrogen) atoms. The second kappa shape index (κ2) is 9.15. The number of nitrogens with zero attached hydrogens (tertiary/aromatic N) is 3. The highest BCUT2D eigenvalue weighted by molar-refractivity contribution is 6.09. The van der Waals surface area contributed by atoms with E-state index in [1.54, 1.807) is 25.3 Å². The molecule has 0 spiro atoms. The number of ether oxygens (including phenoxy) is 1. The average Bonchev–Trinajstić information content (AvgIpc) is 3.51. The van der Waals surface area contributed by atoms with Crippen LogP contribution in [0.15, 0.2) is 54.7 Å². The van der Waals surface area contributed by atoms with Crippen LogP contribution < -0.4 is 10.2 Å². The number of carbonyl (C=O) groups is 1. The van der Waals surface area contributed by atoms with Gasteiger partial charge in [0, 0.05) is 37.0 Å². The molecule has 1 atom stereocenters. The van der Waals surface area contributed by atoms with Crippen LogP contribution in [-0.4, -0.2) is 39.8 Å². The Morgan fingerprint density at radius 3 is 2.91 bits per heavy atom. The van der Waals surface area contributed by atoms with Crippen LogP contribution in [0.3, 0.4) is 0 Å². The number of H-pyrrole nitrogens is 1. The van der Waals surface area contributed by atoms with Crippen LogP contribution in [-0.2, 0) is 11.3 Å². The fourth-order valence-corrected chi connectivity index (χ4v) is 4.74. The fraction of sp³-hybridized carbons (Fsp3) is 0.269. The van der Waals surface area contributed by atoms with Gasteiger partial charge in [-0.25, -0.2) is 4.98 Å². The van der Waals surface area contributed by atoms with Gasteiger partial charge in [-0.15, -0.1) is 0 Å². The second-order valence-corrected chi connectivity index (χ2v) is 8.62. The Hall–Kier alpha value is -3.91. The highest BCUT2D eigenvalue weighted by Gasteiger charge is 2.30. The van der Waals surface area contributed by atoms with Crippen molar-refractivity contribution >= 4 is 28.2 Å². The van der Waals surface area contributed by atoms with E-state index in [4.69, 9.17) is 4.74 Å². The lowest BCUT2D eigenvalue weighted by molar-refractivity contribution is 0.102. The van der Waals surface area contributed by atoms with Gasteiger partial charge in [-0.2, -0.15) is 5.10 Å². The summed E-state index contributed by atoms with van der Waals surface area (Å²) >= 11 is 0. The first-order valence-electron chi connectivity index (χ1n) is 11.3. The smallest absolute Gasteiger partial charge is 0.257 e. The van der Waals surface area contributed by atoms with E-state index in [1.165, 1.54) is 0 Å². The lowest BCUT2D eigenvalue weighted by atomic mass is 10.0. The van der Waals surface area contributed by atoms with E-state index in [1.807, 2.05) is 43.5 Å². The van der Waals surface area contributed by atoms with E-state index in [0.29, 0.717) is 23.4 Å². The SMILES string of the molecule is COCc1ccc(N2CCCC2c2cc[nH]n2)c(C(=O)Nc2ccc3nc(O)cc(C)c3c2)c1. The monoisotopic (exact) mass is 457 g/mol. The number of anilines is 2. The summed E-state index contributed by atoms with van der Waals surface area (Å²) in [4.78, 5) is 20.0. The summed E-state index contributed by atoms with van der Waals surface area (Å²) in [5.74, 6) is -0.206. The normalized spacial score (nSPS) is 15.7. The van der Waals surface area contributed by atoms with Gasteiger partial charge in [-0.3, -0.25) is 9.89 Å². The number of hydrogen-bond acceptors (Lipinski definition) is 6. The molecule has 1 aliphatic heterocycles. The second-order valence-electron chi connectivity index (χ2n) is 8.62. The first kappa shape index (κ1) is 21.9. The fourth-order valence-electron chi connectivity index (χ4n) is 4.74. The van der Waals surface area contributed by atoms with Crippen LogP contribution in [0.4, 0.5) is 11.4 Å². The zero-order valence-corrected chi connectivity index (χ0v) is 19.2. The Labute approximate surface area is 197 Å². The van der Waals surface area contributed by atoms with E-state index >= 15 is 0 Å². The molecule has 1 amide bonds. The van der Waals surface area contributed by atoms with Gasteiger partial charge < -0.3 is 20.1 Å². The lowest BCUT2D eigenvalue weighted by Gasteiger charge is -2.28. The summed E-state index contributed by atoms with van der Waals surface area (Å²) in [6.45, 7) is 3.18. The molecule has 1 saturated heterocycles. The van der Waals surface area contributed by atoms with Crippen LogP contribution in [0.25, 0.3) is 10.9 Å². The van der Waals surface area contributed by atoms with Crippen LogP contribution in [0, 0.1) is 6.92 Å². The number of nitrogens with one attached hydrogen (secondary N) is 2. The average molecular weight is 458 g/mol. The number of aromatic nitrogens is 3. The Morgan fingerprint density at radius 2 is 2.12 bits per heavy atom. The van der Waals surface area contributed by atoms with E-state index in [-0.39, 0.29) is 17.8 Å². The summed E-state index contributed by atoms with van der Waals surface area (Å²) < 4.78 is 5.31. The van der Waals surface area contributed by atoms with Crippen molar-refractivity contribution in [3.05, 3.63) is 77.1 Å². The molecule has 4 aromatic rings. The van der Waals surface area contributed by atoms with Crippen LogP contribution >= 0.6 is 0 Å². The number of amides is 1. The number of aryl methyl sites for hydroxylation is 1. The van der Waals surface area contributed by atoms with Crippen molar-refractivity contribution in [3.8, 4) is 5.88 Å². The number of methoxy groups -OCH3 is 1. The third-order valence-corrected chi connectivity index (χ3v) is 6.30. The van der Waals surface area contributed by atoms with Crippen molar-refractivity contribution in [2.24, 2.45) is 0 Å². The molecule has 0 radical (unpaired) electrons. The molecule has 3 N–H and O–H groups in total. The number of hydrogen-bond donors (Lipinski definition) is 3. The molecule has 3 heterocycles. The number of benzene rings is 2. The third-order valence-electron chi connectivity index (χ3n) is 6.30. The summed E-state index contributed by atoms with van der Waals surface area (Å²) in [5.41, 5.74) is 5.62. The molecule has 2 aromatic heterocycles. The van der Waals surface area contributed by atoms with Gasteiger partial charge in [0.2, 0.25) is 5.88 Å². The Kier molecular flexibility index (Phi) is 5.90. The molecule has 8 nitrogen and oxygen atoms in total. The minimum Gasteiger partial charge on any atom is -0.493 e. The number of carbonyl (C=O) groups excluding carboxylic acids is 1. The molecule has 5 rings (SSSR count). The standard InChI is InChI=1S/C26H27N5O3/c1-16-12-25(32)29-21-7-6-18(14-19(16)21)28-26(33)20-13-17(15-34-2)5-8-23(20)31-11-3-4-24(31)22-9-10-27-30-22/h5-10,12-14,24H,3-4,11,15H2,1-2H3,(H,27,30)(H,28,33)(H,29,32). The van der Waals surface area contributed by atoms with Gasteiger partial charge in [0.25, 0.3) is 5.91 Å². The zero-order valence-electron chi connectivity index (χ0n) is 19.2. The van der Waals surface area contributed by atoms with E-state index in [0.717, 1.165) is 47.3 Å². The maximum atomic E-state index is 13.6. The zero-order chi connectivity index (χ0) is 23.7. The van der Waals surface area contributed by atoms with Gasteiger partial charge in [-0.05, 0) is 67.3 Å². The Balaban J connectivity index is 1.50. The minimum absolute atomic E-state index is 0.0153. The van der Waals surface area contributed by atoms with Crippen LogP contribution in [0.2, 0.25) is 0 Å². The van der Waals surface area contributed by atoms with Crippen molar-refractivity contribution in [1.82, 2.24) is 15.2 Å². The minimum atomic E-state index is -0.190. The quantitative estimate of drug-likeness (QED) is 0.387. The summed E-state index contributed by atoms with van der Waals surface area (Å²) in [6.07, 6.45) is 3.84. The molecule has 174 valence electrons. The molecule has 0 aliphatic carbocycles. The molecule has 1 unspecified atom stereocenters. The first-order valence-corrected chi connectivity index (χ1v) is 11.3. The highest BCUT2D eigenvalue weighted by atomic mass is 16.5. The summed E-state index contributed by atoms with van der Waals surface area (Å²) in [7, 11) is 1.64. The van der Waals surface area contributed by atoms with E-state index < -0.39 is 0 Å². The van der Waals surface area contributed by atoms with E-state index in [2.05, 4.69) is 25.4 Å². The van der Waals surface area contributed by atoms with Crippen LogP contribution in [0.1, 0.15) is 46.1 Å². The predicted octanol–water partition coefficient (Wildman–Crippen LogP) is 4.71. The van der Waals surface area contributed by atoms with Gasteiger partial charge in [0.15, 0.2) is 0 Å². The summed E-state index contributed by atoms with van der Waals surface area (Å²) in [5, 5.41) is 21.0. The third kappa shape index (κ3) is 4.20. The van der Waals surface area contributed by atoms with Crippen LogP contribution in [0.5, 0.6) is 5.88 Å². The van der Waals surface area contributed by atoms with Crippen molar-refractivity contribution in [2.45, 2.75) is 32.4 Å². The summed E-state index contributed by atoms with van der Waals surface area (Å²) in [6, 6.07) is 15.1. The molecular formula is C26H27N5O3. The topological polar surface area (TPSA) is 103 Å². The number of aromatic amines is 1. The number of fused-ring (bicyclic) bond motifs is 1. The van der Waals surface area contributed by atoms with Crippen molar-refractivity contribution in [1.29, 1.82) is 0 Å². The molecule has 8 heteroatoms. The lowest BCUT2D eigenvalue weighted by Crippen LogP contribution is -2.26. The number of aromatic hydroxyl groups is 1. The van der Waals surface area contributed by atoms with Gasteiger partial charge in [0.1, 0.15) is 0 Å². The largest absolute Gasteiger partial charge is 0.493 e. The Morgan fingerprint density at radius 1 is 1.24 bits per heavy atom. The molecular weight excluding hydrogens is 430 g/mol. The predicted molar refractivity (Wildman–Crippen MR) is 131 cm³/mol. The van der Waals surface area contributed by atoms with Gasteiger partial charge in [0.05, 0.1) is 35.1 Å². The molecule has 2 aromatic carbocycles. The van der Waals surface area contributed by atoms with Crippen molar-refractivity contribution in [2.75, 3.05) is 23.9 Å². The highest BCUT2D eigenvalue weighted by Crippen LogP contribution is 2.37.